The number of benzene rings is 3. The molecule has 1 N–H and O–H groups in total. The summed E-state index contributed by atoms with van der Waals surface area (Å²) in [6.07, 6.45) is 3.29. The third kappa shape index (κ3) is 5.13. The molecule has 0 fully saturated rings. The molecule has 197 valence electrons. The molecule has 0 amide bonds. The average Bonchev–Trinajstić information content (AvgIpc) is 3.15. The number of fused-ring (bicyclic) bond motifs is 4. The smallest absolute Gasteiger partial charge is 0.164 e. The van der Waals surface area contributed by atoms with Gasteiger partial charge in [-0.3, -0.25) is 4.79 Å². The van der Waals surface area contributed by atoms with Crippen molar-refractivity contribution < 1.29 is 34.4 Å². The van der Waals surface area contributed by atoms with E-state index in [0.717, 1.165) is 32.8 Å². The predicted octanol–water partition coefficient (Wildman–Crippen LogP) is 9.39. The van der Waals surface area contributed by atoms with E-state index >= 15 is 0 Å². The molecule has 0 aliphatic heterocycles. The van der Waals surface area contributed by atoms with Crippen molar-refractivity contribution in [3.8, 4) is 0 Å². The van der Waals surface area contributed by atoms with Crippen LogP contribution in [0.3, 0.4) is 0 Å². The summed E-state index contributed by atoms with van der Waals surface area (Å²) in [6.45, 7) is 11.1. The number of pyridine rings is 1. The molecule has 0 aliphatic rings. The number of ketones is 1. The second kappa shape index (κ2) is 10.3. The number of aromatic nitrogens is 1. The van der Waals surface area contributed by atoms with Crippen molar-refractivity contribution >= 4 is 70.1 Å². The molecule has 6 rings (SSSR count). The van der Waals surface area contributed by atoms with Crippen molar-refractivity contribution in [1.29, 1.82) is 0 Å². The van der Waals surface area contributed by atoms with Crippen LogP contribution in [0.4, 0.5) is 0 Å². The predicted molar refractivity (Wildman–Crippen MR) is 155 cm³/mol. The summed E-state index contributed by atoms with van der Waals surface area (Å²) >= 11 is 1.77. The van der Waals surface area contributed by atoms with Gasteiger partial charge in [-0.05, 0) is 22.9 Å². The van der Waals surface area contributed by atoms with E-state index in [2.05, 4.69) is 42.5 Å². The topological polar surface area (TPSA) is 63.3 Å². The van der Waals surface area contributed by atoms with Crippen LogP contribution in [0.15, 0.2) is 77.0 Å². The minimum Gasteiger partial charge on any atom is -0.512 e. The number of aliphatic hydroxyl groups excluding tert-OH is 1. The maximum atomic E-state index is 11.5. The number of allylic oxidation sites excluding steroid dienone is 2. The summed E-state index contributed by atoms with van der Waals surface area (Å²) in [5.41, 5.74) is 2.05. The van der Waals surface area contributed by atoms with E-state index < -0.39 is 5.41 Å². The second-order valence-electron chi connectivity index (χ2n) is 11.3. The first-order valence-corrected chi connectivity index (χ1v) is 13.1. The molecule has 0 saturated heterocycles. The molecule has 38 heavy (non-hydrogen) atoms. The van der Waals surface area contributed by atoms with Crippen LogP contribution < -0.4 is 0 Å². The van der Waals surface area contributed by atoms with E-state index in [4.69, 9.17) is 9.40 Å². The molecule has 0 aliphatic carbocycles. The van der Waals surface area contributed by atoms with Crippen LogP contribution in [0, 0.1) is 16.9 Å². The maximum Gasteiger partial charge on any atom is 0.164 e. The standard InChI is InChI=1S/C21H10NOS.C11H20O2.Ir/c1-2-6-13-12(5-1)11-22-20-14-7-3-8-15-18(14)19-16(23-15)9-4-10-17(19)24-21(13)20;1-10(2,3)8(12)7-9(13)11(4,5)6;/h1-6,8-11H;7,12H,1-6H3;/q-1;;/b;8-7-;. The molecule has 0 spiro atoms. The fourth-order valence-electron chi connectivity index (χ4n) is 4.13. The van der Waals surface area contributed by atoms with Gasteiger partial charge in [-0.1, -0.05) is 83.3 Å². The van der Waals surface area contributed by atoms with Crippen molar-refractivity contribution in [2.45, 2.75) is 41.5 Å². The van der Waals surface area contributed by atoms with E-state index in [1.54, 1.807) is 11.3 Å². The van der Waals surface area contributed by atoms with Crippen molar-refractivity contribution in [3.63, 3.8) is 0 Å². The van der Waals surface area contributed by atoms with Gasteiger partial charge in [0.05, 0.1) is 5.58 Å². The van der Waals surface area contributed by atoms with Crippen LogP contribution in [0.2, 0.25) is 0 Å². The van der Waals surface area contributed by atoms with Crippen LogP contribution in [-0.4, -0.2) is 15.9 Å². The van der Waals surface area contributed by atoms with Crippen molar-refractivity contribution in [1.82, 2.24) is 4.98 Å². The van der Waals surface area contributed by atoms with Gasteiger partial charge in [-0.15, -0.1) is 28.9 Å². The van der Waals surface area contributed by atoms with E-state index in [0.29, 0.717) is 0 Å². The zero-order valence-corrected chi connectivity index (χ0v) is 25.5. The van der Waals surface area contributed by atoms with Crippen molar-refractivity contribution in [3.05, 3.63) is 78.7 Å². The fraction of sp³-hybridized carbons (Fsp3) is 0.250. The summed E-state index contributed by atoms with van der Waals surface area (Å²) in [5.74, 6) is 0.104. The van der Waals surface area contributed by atoms with Gasteiger partial charge in [-0.25, -0.2) is 0 Å². The number of nitrogens with zero attached hydrogens (tertiary/aromatic N) is 1. The SMILES string of the molecule is CC(C)(C)C(=O)/C=C(\O)C(C)(C)C.[Ir].[c-]1ccc2oc3cccc4sc5c6ccccc6cnc5c1c2c34. The number of aliphatic hydroxyl groups is 1. The maximum absolute atomic E-state index is 11.5. The van der Waals surface area contributed by atoms with E-state index in [1.165, 1.54) is 26.2 Å². The van der Waals surface area contributed by atoms with Gasteiger partial charge in [0.2, 0.25) is 0 Å². The number of hydrogen-bond donors (Lipinski definition) is 1. The van der Waals surface area contributed by atoms with Gasteiger partial charge >= 0.3 is 0 Å². The molecule has 6 heteroatoms. The molecule has 1 radical (unpaired) electrons. The molecule has 3 aromatic carbocycles. The minimum atomic E-state index is -0.417. The molecule has 0 saturated carbocycles. The Hall–Kier alpha value is -3.05. The van der Waals surface area contributed by atoms with Crippen LogP contribution >= 0.6 is 11.3 Å². The number of carbonyl (C=O) groups is 1. The number of furan rings is 1. The first kappa shape index (κ1) is 28.0. The largest absolute Gasteiger partial charge is 0.512 e. The molecule has 3 aromatic heterocycles. The molecule has 6 aromatic rings. The summed E-state index contributed by atoms with van der Waals surface area (Å²) in [7, 11) is 0. The van der Waals surface area contributed by atoms with Gasteiger partial charge in [0.15, 0.2) is 5.78 Å². The zero-order chi connectivity index (χ0) is 26.5. The van der Waals surface area contributed by atoms with Crippen LogP contribution in [-0.2, 0) is 24.9 Å². The zero-order valence-electron chi connectivity index (χ0n) is 22.3. The Labute approximate surface area is 239 Å². The quantitative estimate of drug-likeness (QED) is 0.106. The third-order valence-electron chi connectivity index (χ3n) is 6.39. The summed E-state index contributed by atoms with van der Waals surface area (Å²) in [6, 6.07) is 22.0. The Kier molecular flexibility index (Phi) is 7.55. The minimum absolute atomic E-state index is 0. The normalized spacial score (nSPS) is 12.6. The van der Waals surface area contributed by atoms with Crippen molar-refractivity contribution in [2.75, 3.05) is 0 Å². The van der Waals surface area contributed by atoms with Crippen LogP contribution in [0.25, 0.3) is 53.0 Å². The van der Waals surface area contributed by atoms with Gasteiger partial charge in [-0.2, -0.15) is 0 Å². The second-order valence-corrected chi connectivity index (χ2v) is 12.4. The summed E-state index contributed by atoms with van der Waals surface area (Å²) in [4.78, 5) is 16.3. The third-order valence-corrected chi connectivity index (χ3v) is 7.57. The Morgan fingerprint density at radius 2 is 1.66 bits per heavy atom. The molecule has 4 nitrogen and oxygen atoms in total. The summed E-state index contributed by atoms with van der Waals surface area (Å²) in [5, 5.41) is 15.3. The molecule has 3 heterocycles. The van der Waals surface area contributed by atoms with Gasteiger partial charge in [0.25, 0.3) is 0 Å². The Morgan fingerprint density at radius 1 is 0.947 bits per heavy atom. The fourth-order valence-corrected chi connectivity index (χ4v) is 5.35. The van der Waals surface area contributed by atoms with Crippen molar-refractivity contribution in [2.24, 2.45) is 10.8 Å². The van der Waals surface area contributed by atoms with Crippen LogP contribution in [0.1, 0.15) is 41.5 Å². The van der Waals surface area contributed by atoms with Gasteiger partial charge in [0.1, 0.15) is 11.3 Å². The van der Waals surface area contributed by atoms with Gasteiger partial charge < -0.3 is 14.5 Å². The Bertz CT molecular complexity index is 1830. The van der Waals surface area contributed by atoms with E-state index in [-0.39, 0.29) is 37.1 Å². The Balaban J connectivity index is 0.000000209. The number of carbonyl (C=O) groups excluding carboxylic acids is 1. The first-order valence-electron chi connectivity index (χ1n) is 12.3. The number of rotatable bonds is 1. The molecular formula is C32H30IrNO3S-. The van der Waals surface area contributed by atoms with E-state index in [1.807, 2.05) is 65.9 Å². The Morgan fingerprint density at radius 3 is 2.37 bits per heavy atom. The summed E-state index contributed by atoms with van der Waals surface area (Å²) < 4.78 is 8.46. The molecule has 0 atom stereocenters. The van der Waals surface area contributed by atoms with Gasteiger partial charge in [0, 0.05) is 63.5 Å². The monoisotopic (exact) mass is 701 g/mol. The molecular weight excluding hydrogens is 671 g/mol. The average molecular weight is 701 g/mol. The molecule has 0 bridgehead atoms. The van der Waals surface area contributed by atoms with Crippen LogP contribution in [0.5, 0.6) is 0 Å². The molecule has 0 unspecified atom stereocenters. The van der Waals surface area contributed by atoms with E-state index in [9.17, 15) is 9.90 Å². The number of hydrogen-bond acceptors (Lipinski definition) is 5. The first-order chi connectivity index (χ1) is 17.4.